The molecule has 1 fully saturated rings. The third-order valence-electron chi connectivity index (χ3n) is 2.29. The highest BCUT2D eigenvalue weighted by molar-refractivity contribution is 5.54. The lowest BCUT2D eigenvalue weighted by molar-refractivity contribution is 0.300. The van der Waals surface area contributed by atoms with Crippen LogP contribution in [0.2, 0.25) is 0 Å². The molecule has 0 aromatic rings. The summed E-state index contributed by atoms with van der Waals surface area (Å²) in [7, 11) is 1.65. The summed E-state index contributed by atoms with van der Waals surface area (Å²) in [5.74, 6) is 3.70. The summed E-state index contributed by atoms with van der Waals surface area (Å²) in [6.45, 7) is 1.88. The van der Waals surface area contributed by atoms with Crippen molar-refractivity contribution in [1.82, 2.24) is 0 Å². The Labute approximate surface area is 74.3 Å². The van der Waals surface area contributed by atoms with Gasteiger partial charge in [0.1, 0.15) is 0 Å². The molecule has 2 heteroatoms. The van der Waals surface area contributed by atoms with Gasteiger partial charge in [-0.2, -0.15) is 0 Å². The van der Waals surface area contributed by atoms with Crippen LogP contribution in [0.5, 0.6) is 0 Å². The Hall–Kier alpha value is -0.750. The Morgan fingerprint density at radius 2 is 2.00 bits per heavy atom. The summed E-state index contributed by atoms with van der Waals surface area (Å²) < 4.78 is 4.95. The number of methoxy groups -OCH3 is 1. The van der Waals surface area contributed by atoms with Gasteiger partial charge in [-0.3, -0.25) is 0 Å². The van der Waals surface area contributed by atoms with Gasteiger partial charge in [-0.25, -0.2) is 4.99 Å². The Morgan fingerprint density at radius 1 is 1.33 bits per heavy atom. The average Bonchev–Trinajstić information content (AvgIpc) is 2.16. The normalized spacial score (nSPS) is 18.2. The summed E-state index contributed by atoms with van der Waals surface area (Å²) in [6.07, 6.45) is 6.47. The van der Waals surface area contributed by atoms with Crippen LogP contribution in [0.3, 0.4) is 0 Å². The van der Waals surface area contributed by atoms with E-state index in [1.54, 1.807) is 7.11 Å². The highest BCUT2D eigenvalue weighted by Gasteiger charge is 2.10. The number of allylic oxidation sites excluding steroid dienone is 1. The van der Waals surface area contributed by atoms with Crippen molar-refractivity contribution < 1.29 is 4.74 Å². The lowest BCUT2D eigenvalue weighted by atomic mass is 9.96. The highest BCUT2D eigenvalue weighted by atomic mass is 16.5. The zero-order valence-corrected chi connectivity index (χ0v) is 7.97. The first-order valence-electron chi connectivity index (χ1n) is 4.66. The number of nitrogens with zero attached hydrogens (tertiary/aromatic N) is 1. The Kier molecular flexibility index (Phi) is 3.89. The molecule has 0 unspecified atom stereocenters. The van der Waals surface area contributed by atoms with Gasteiger partial charge in [0.25, 0.3) is 0 Å². The first kappa shape index (κ1) is 9.34. The van der Waals surface area contributed by atoms with Crippen LogP contribution in [0, 0.1) is 0 Å². The number of rotatable bonds is 2. The Bertz CT molecular complexity index is 186. The van der Waals surface area contributed by atoms with E-state index in [-0.39, 0.29) is 0 Å². The van der Waals surface area contributed by atoms with Gasteiger partial charge in [-0.15, -0.1) is 0 Å². The minimum absolute atomic E-state index is 0.504. The lowest BCUT2D eigenvalue weighted by Gasteiger charge is -2.15. The van der Waals surface area contributed by atoms with Crippen molar-refractivity contribution in [1.29, 1.82) is 0 Å². The van der Waals surface area contributed by atoms with Crippen molar-refractivity contribution in [2.24, 2.45) is 4.99 Å². The molecule has 0 spiro atoms. The van der Waals surface area contributed by atoms with Crippen molar-refractivity contribution in [2.45, 2.75) is 45.1 Å². The fourth-order valence-corrected chi connectivity index (χ4v) is 1.44. The molecule has 0 amide bonds. The number of ether oxygens (including phenoxy) is 1. The van der Waals surface area contributed by atoms with Crippen LogP contribution in [0.25, 0.3) is 0 Å². The van der Waals surface area contributed by atoms with E-state index >= 15 is 0 Å². The molecular weight excluding hydrogens is 150 g/mol. The second-order valence-corrected chi connectivity index (χ2v) is 3.29. The first-order chi connectivity index (χ1) is 5.83. The summed E-state index contributed by atoms with van der Waals surface area (Å²) >= 11 is 0. The molecule has 0 saturated heterocycles. The standard InChI is InChI=1S/C10H17NO/c1-9(12-2)8-11-10-6-4-3-5-7-10/h10H,3-7H2,1-2H3. The highest BCUT2D eigenvalue weighted by Crippen LogP contribution is 2.19. The summed E-state index contributed by atoms with van der Waals surface area (Å²) in [6, 6.07) is 0.504. The molecule has 1 aliphatic carbocycles. The third-order valence-corrected chi connectivity index (χ3v) is 2.29. The zero-order valence-electron chi connectivity index (χ0n) is 7.97. The first-order valence-corrected chi connectivity index (χ1v) is 4.66. The average molecular weight is 167 g/mol. The van der Waals surface area contributed by atoms with Gasteiger partial charge >= 0.3 is 0 Å². The predicted octanol–water partition coefficient (Wildman–Crippen LogP) is 2.54. The Morgan fingerprint density at radius 3 is 2.58 bits per heavy atom. The van der Waals surface area contributed by atoms with Crippen molar-refractivity contribution >= 4 is 5.87 Å². The van der Waals surface area contributed by atoms with Crippen LogP contribution in [-0.2, 0) is 4.74 Å². The molecule has 0 radical (unpaired) electrons. The van der Waals surface area contributed by atoms with Gasteiger partial charge < -0.3 is 4.74 Å². The van der Waals surface area contributed by atoms with Crippen LogP contribution in [0.15, 0.2) is 10.8 Å². The van der Waals surface area contributed by atoms with Crippen molar-refractivity contribution in [2.75, 3.05) is 7.11 Å². The summed E-state index contributed by atoms with van der Waals surface area (Å²) in [5, 5.41) is 0. The molecule has 0 aromatic carbocycles. The topological polar surface area (TPSA) is 21.6 Å². The number of hydrogen-bond donors (Lipinski definition) is 0. The van der Waals surface area contributed by atoms with E-state index in [2.05, 4.69) is 10.9 Å². The largest absolute Gasteiger partial charge is 0.492 e. The maximum absolute atomic E-state index is 4.95. The van der Waals surface area contributed by atoms with E-state index in [9.17, 15) is 0 Å². The van der Waals surface area contributed by atoms with Crippen LogP contribution < -0.4 is 0 Å². The molecule has 1 saturated carbocycles. The van der Waals surface area contributed by atoms with Gasteiger partial charge in [-0.1, -0.05) is 19.3 Å². The van der Waals surface area contributed by atoms with E-state index in [4.69, 9.17) is 4.74 Å². The second kappa shape index (κ2) is 5.00. The fourth-order valence-electron chi connectivity index (χ4n) is 1.44. The molecule has 0 aliphatic heterocycles. The molecule has 1 rings (SSSR count). The zero-order chi connectivity index (χ0) is 8.81. The van der Waals surface area contributed by atoms with Crippen molar-refractivity contribution in [3.8, 4) is 0 Å². The molecule has 0 heterocycles. The van der Waals surface area contributed by atoms with E-state index in [1.807, 2.05) is 6.92 Å². The van der Waals surface area contributed by atoms with E-state index in [0.717, 1.165) is 5.76 Å². The van der Waals surface area contributed by atoms with Gasteiger partial charge in [0, 0.05) is 12.8 Å². The molecule has 68 valence electrons. The molecule has 0 aromatic heterocycles. The van der Waals surface area contributed by atoms with Gasteiger partial charge in [-0.05, 0) is 12.8 Å². The van der Waals surface area contributed by atoms with E-state index in [1.165, 1.54) is 32.1 Å². The number of hydrogen-bond acceptors (Lipinski definition) is 2. The second-order valence-electron chi connectivity index (χ2n) is 3.29. The molecule has 0 bridgehead atoms. The summed E-state index contributed by atoms with van der Waals surface area (Å²) in [5.41, 5.74) is 0. The lowest BCUT2D eigenvalue weighted by Crippen LogP contribution is -2.08. The molecular formula is C10H17NO. The number of aliphatic imine (C=N–C) groups is 1. The summed E-state index contributed by atoms with van der Waals surface area (Å²) in [4.78, 5) is 4.34. The van der Waals surface area contributed by atoms with E-state index in [0.29, 0.717) is 6.04 Å². The fraction of sp³-hybridized carbons (Fsp3) is 0.800. The monoisotopic (exact) mass is 167 g/mol. The smallest absolute Gasteiger partial charge is 0.153 e. The van der Waals surface area contributed by atoms with Crippen molar-refractivity contribution in [3.05, 3.63) is 5.76 Å². The van der Waals surface area contributed by atoms with Crippen LogP contribution in [0.4, 0.5) is 0 Å². The van der Waals surface area contributed by atoms with E-state index < -0.39 is 0 Å². The van der Waals surface area contributed by atoms with Crippen LogP contribution in [0.1, 0.15) is 39.0 Å². The molecule has 12 heavy (non-hydrogen) atoms. The maximum atomic E-state index is 4.95. The minimum atomic E-state index is 0.504. The molecule has 1 aliphatic rings. The van der Waals surface area contributed by atoms with Crippen molar-refractivity contribution in [3.63, 3.8) is 0 Å². The predicted molar refractivity (Wildman–Crippen MR) is 50.5 cm³/mol. The quantitative estimate of drug-likeness (QED) is 0.457. The maximum Gasteiger partial charge on any atom is 0.153 e. The van der Waals surface area contributed by atoms with Gasteiger partial charge in [0.15, 0.2) is 5.76 Å². The Balaban J connectivity index is 2.42. The molecule has 0 atom stereocenters. The van der Waals surface area contributed by atoms with Crippen LogP contribution in [-0.4, -0.2) is 19.0 Å². The third kappa shape index (κ3) is 3.10. The SMILES string of the molecule is COC(C)=C=NC1CCCCC1. The van der Waals surface area contributed by atoms with Gasteiger partial charge in [0.05, 0.1) is 13.2 Å². The van der Waals surface area contributed by atoms with Gasteiger partial charge in [0.2, 0.25) is 0 Å². The minimum Gasteiger partial charge on any atom is -0.492 e. The van der Waals surface area contributed by atoms with Crippen LogP contribution >= 0.6 is 0 Å². The molecule has 2 nitrogen and oxygen atoms in total. The molecule has 0 N–H and O–H groups in total.